The highest BCUT2D eigenvalue weighted by Gasteiger charge is 1.99. The van der Waals surface area contributed by atoms with E-state index in [1.54, 1.807) is 0 Å². The summed E-state index contributed by atoms with van der Waals surface area (Å²) in [7, 11) is 2.01. The van der Waals surface area contributed by atoms with Crippen molar-refractivity contribution >= 4 is 0 Å². The van der Waals surface area contributed by atoms with Gasteiger partial charge in [-0.1, -0.05) is 24.3 Å². The summed E-state index contributed by atoms with van der Waals surface area (Å²) in [6, 6.07) is 8.43. The van der Waals surface area contributed by atoms with Crippen molar-refractivity contribution in [3.05, 3.63) is 53.6 Å². The van der Waals surface area contributed by atoms with Crippen molar-refractivity contribution in [2.75, 3.05) is 0 Å². The van der Waals surface area contributed by atoms with Crippen molar-refractivity contribution in [3.63, 3.8) is 0 Å². The first-order chi connectivity index (χ1) is 7.77. The minimum absolute atomic E-state index is 0.803. The minimum Gasteiger partial charge on any atom is -0.337 e. The smallest absolute Gasteiger partial charge is 0.122 e. The van der Waals surface area contributed by atoms with Gasteiger partial charge < -0.3 is 9.88 Å². The van der Waals surface area contributed by atoms with E-state index in [1.165, 1.54) is 11.1 Å². The fraction of sp³-hybridized carbons (Fsp3) is 0.308. The summed E-state index contributed by atoms with van der Waals surface area (Å²) in [6.07, 6.45) is 3.79. The van der Waals surface area contributed by atoms with Crippen LogP contribution < -0.4 is 5.32 Å². The molecule has 16 heavy (non-hydrogen) atoms. The maximum absolute atomic E-state index is 4.27. The lowest BCUT2D eigenvalue weighted by Crippen LogP contribution is -2.16. The van der Waals surface area contributed by atoms with E-state index in [2.05, 4.69) is 41.5 Å². The van der Waals surface area contributed by atoms with Gasteiger partial charge in [-0.05, 0) is 18.1 Å². The molecule has 0 atom stereocenters. The summed E-state index contributed by atoms with van der Waals surface area (Å²) < 4.78 is 2.03. The van der Waals surface area contributed by atoms with Crippen LogP contribution >= 0.6 is 0 Å². The SMILES string of the molecule is Cc1ccccc1CNCc1nccn1C. The van der Waals surface area contributed by atoms with Gasteiger partial charge >= 0.3 is 0 Å². The number of benzene rings is 1. The van der Waals surface area contributed by atoms with E-state index in [4.69, 9.17) is 0 Å². The Kier molecular flexibility index (Phi) is 3.37. The van der Waals surface area contributed by atoms with Gasteiger partial charge in [0.25, 0.3) is 0 Å². The average Bonchev–Trinajstić information content (AvgIpc) is 2.67. The molecule has 84 valence electrons. The molecule has 2 aromatic rings. The van der Waals surface area contributed by atoms with Crippen LogP contribution in [0.1, 0.15) is 17.0 Å². The van der Waals surface area contributed by atoms with Crippen molar-refractivity contribution in [1.29, 1.82) is 0 Å². The number of aromatic nitrogens is 2. The number of hydrogen-bond acceptors (Lipinski definition) is 2. The van der Waals surface area contributed by atoms with Gasteiger partial charge in [-0.2, -0.15) is 0 Å². The number of hydrogen-bond donors (Lipinski definition) is 1. The fourth-order valence-corrected chi connectivity index (χ4v) is 1.68. The topological polar surface area (TPSA) is 29.9 Å². The molecule has 0 aliphatic rings. The van der Waals surface area contributed by atoms with Gasteiger partial charge in [0, 0.05) is 26.0 Å². The van der Waals surface area contributed by atoms with E-state index < -0.39 is 0 Å². The Hall–Kier alpha value is -1.61. The highest BCUT2D eigenvalue weighted by atomic mass is 15.1. The molecule has 0 aliphatic heterocycles. The Labute approximate surface area is 96.1 Å². The van der Waals surface area contributed by atoms with Gasteiger partial charge in [0.1, 0.15) is 5.82 Å². The van der Waals surface area contributed by atoms with Crippen LogP contribution in [0.3, 0.4) is 0 Å². The normalized spacial score (nSPS) is 10.6. The molecule has 0 fully saturated rings. The molecule has 0 saturated carbocycles. The second-order valence-corrected chi connectivity index (χ2v) is 3.98. The summed E-state index contributed by atoms with van der Waals surface area (Å²) in [6.45, 7) is 3.83. The molecule has 1 aromatic carbocycles. The van der Waals surface area contributed by atoms with Crippen LogP contribution in [-0.4, -0.2) is 9.55 Å². The van der Waals surface area contributed by atoms with Crippen LogP contribution in [0.15, 0.2) is 36.7 Å². The molecular formula is C13H17N3. The summed E-state index contributed by atoms with van der Waals surface area (Å²) in [5.74, 6) is 1.06. The first kappa shape index (κ1) is 10.9. The second kappa shape index (κ2) is 4.94. The Morgan fingerprint density at radius 3 is 2.75 bits per heavy atom. The van der Waals surface area contributed by atoms with Crippen molar-refractivity contribution in [1.82, 2.24) is 14.9 Å². The Morgan fingerprint density at radius 1 is 1.25 bits per heavy atom. The highest BCUT2D eigenvalue weighted by molar-refractivity contribution is 5.25. The zero-order chi connectivity index (χ0) is 11.4. The largest absolute Gasteiger partial charge is 0.337 e. The third-order valence-electron chi connectivity index (χ3n) is 2.78. The number of nitrogens with one attached hydrogen (secondary N) is 1. The molecule has 1 heterocycles. The molecule has 0 aliphatic carbocycles. The number of nitrogens with zero attached hydrogens (tertiary/aromatic N) is 2. The predicted octanol–water partition coefficient (Wildman–Crippen LogP) is 2.02. The van der Waals surface area contributed by atoms with Crippen LogP contribution in [0.4, 0.5) is 0 Å². The van der Waals surface area contributed by atoms with Gasteiger partial charge in [0.05, 0.1) is 6.54 Å². The first-order valence-electron chi connectivity index (χ1n) is 5.49. The molecule has 3 nitrogen and oxygen atoms in total. The maximum Gasteiger partial charge on any atom is 0.122 e. The zero-order valence-corrected chi connectivity index (χ0v) is 9.77. The van der Waals surface area contributed by atoms with Crippen molar-refractivity contribution in [2.24, 2.45) is 7.05 Å². The van der Waals surface area contributed by atoms with Crippen molar-refractivity contribution in [3.8, 4) is 0 Å². The molecule has 0 amide bonds. The summed E-state index contributed by atoms with van der Waals surface area (Å²) >= 11 is 0. The van der Waals surface area contributed by atoms with Gasteiger partial charge in [0.15, 0.2) is 0 Å². The van der Waals surface area contributed by atoms with Gasteiger partial charge in [-0.25, -0.2) is 4.98 Å². The van der Waals surface area contributed by atoms with E-state index in [0.29, 0.717) is 0 Å². The average molecular weight is 215 g/mol. The van der Waals surface area contributed by atoms with Crippen LogP contribution in [0, 0.1) is 6.92 Å². The molecule has 3 heteroatoms. The van der Waals surface area contributed by atoms with E-state index in [0.717, 1.165) is 18.9 Å². The third kappa shape index (κ3) is 2.49. The minimum atomic E-state index is 0.803. The number of imidazole rings is 1. The van der Waals surface area contributed by atoms with Crippen LogP contribution in [0.5, 0.6) is 0 Å². The Morgan fingerprint density at radius 2 is 2.06 bits per heavy atom. The van der Waals surface area contributed by atoms with Crippen LogP contribution in [-0.2, 0) is 20.1 Å². The first-order valence-corrected chi connectivity index (χ1v) is 5.49. The molecule has 1 N–H and O–H groups in total. The van der Waals surface area contributed by atoms with Crippen molar-refractivity contribution < 1.29 is 0 Å². The summed E-state index contributed by atoms with van der Waals surface area (Å²) in [5.41, 5.74) is 2.67. The third-order valence-corrected chi connectivity index (χ3v) is 2.78. The van der Waals surface area contributed by atoms with Crippen LogP contribution in [0.2, 0.25) is 0 Å². The van der Waals surface area contributed by atoms with Gasteiger partial charge in [0.2, 0.25) is 0 Å². The zero-order valence-electron chi connectivity index (χ0n) is 9.77. The lowest BCUT2D eigenvalue weighted by atomic mass is 10.1. The summed E-state index contributed by atoms with van der Waals surface area (Å²) in [4.78, 5) is 4.27. The van der Waals surface area contributed by atoms with Gasteiger partial charge in [-0.15, -0.1) is 0 Å². The molecular weight excluding hydrogens is 198 g/mol. The molecule has 0 saturated heterocycles. The number of rotatable bonds is 4. The monoisotopic (exact) mass is 215 g/mol. The molecule has 0 unspecified atom stereocenters. The molecule has 0 spiro atoms. The van der Waals surface area contributed by atoms with Crippen molar-refractivity contribution in [2.45, 2.75) is 20.0 Å². The highest BCUT2D eigenvalue weighted by Crippen LogP contribution is 2.06. The Balaban J connectivity index is 1.89. The fourth-order valence-electron chi connectivity index (χ4n) is 1.68. The van der Waals surface area contributed by atoms with E-state index in [1.807, 2.05) is 24.0 Å². The van der Waals surface area contributed by atoms with Crippen LogP contribution in [0.25, 0.3) is 0 Å². The molecule has 2 rings (SSSR count). The molecule has 0 bridgehead atoms. The molecule has 1 aromatic heterocycles. The lowest BCUT2D eigenvalue weighted by Gasteiger charge is -2.07. The second-order valence-electron chi connectivity index (χ2n) is 3.98. The Bertz CT molecular complexity index is 460. The van der Waals surface area contributed by atoms with E-state index in [-0.39, 0.29) is 0 Å². The van der Waals surface area contributed by atoms with Gasteiger partial charge in [-0.3, -0.25) is 0 Å². The lowest BCUT2D eigenvalue weighted by molar-refractivity contribution is 0.637. The maximum atomic E-state index is 4.27. The summed E-state index contributed by atoms with van der Waals surface area (Å²) in [5, 5.41) is 3.40. The quantitative estimate of drug-likeness (QED) is 0.845. The predicted molar refractivity (Wildman–Crippen MR) is 64.9 cm³/mol. The van der Waals surface area contributed by atoms with E-state index in [9.17, 15) is 0 Å². The molecule has 0 radical (unpaired) electrons. The standard InChI is InChI=1S/C13H17N3/c1-11-5-3-4-6-12(11)9-14-10-13-15-7-8-16(13)2/h3-8,14H,9-10H2,1-2H3. The number of aryl methyl sites for hydroxylation is 2. The van der Waals surface area contributed by atoms with E-state index >= 15 is 0 Å².